The Kier molecular flexibility index (Phi) is 7.36. The number of likely N-dealkylation sites (tertiary alicyclic amines) is 1. The molecule has 1 N–H and O–H groups in total. The summed E-state index contributed by atoms with van der Waals surface area (Å²) >= 11 is 0. The van der Waals surface area contributed by atoms with E-state index in [9.17, 15) is 14.9 Å². The number of aryl methyl sites for hydroxylation is 2. The van der Waals surface area contributed by atoms with Gasteiger partial charge in [0.2, 0.25) is 11.7 Å². The van der Waals surface area contributed by atoms with E-state index >= 15 is 0 Å². The summed E-state index contributed by atoms with van der Waals surface area (Å²) in [6.45, 7) is 7.23. The van der Waals surface area contributed by atoms with E-state index < -0.39 is 4.92 Å². The molecule has 1 saturated heterocycles. The fourth-order valence-electron chi connectivity index (χ4n) is 3.29. The zero-order valence-corrected chi connectivity index (χ0v) is 15.2. The van der Waals surface area contributed by atoms with Crippen LogP contribution >= 0.6 is 0 Å². The molecule has 2 rings (SSSR count). The molecule has 2 heterocycles. The summed E-state index contributed by atoms with van der Waals surface area (Å²) in [5.74, 6) is 0.362. The first-order chi connectivity index (χ1) is 12.0. The highest BCUT2D eigenvalue weighted by Crippen LogP contribution is 2.17. The molecule has 0 aromatic carbocycles. The largest absolute Gasteiger partial charge is 0.381 e. The molecule has 0 spiro atoms. The minimum absolute atomic E-state index is 0.0169. The van der Waals surface area contributed by atoms with Gasteiger partial charge >= 0.3 is 5.82 Å². The molecule has 1 atom stereocenters. The number of carbonyl (C=O) groups is 1. The summed E-state index contributed by atoms with van der Waals surface area (Å²) in [4.78, 5) is 28.7. The summed E-state index contributed by atoms with van der Waals surface area (Å²) in [6, 6.07) is 0.431. The van der Waals surface area contributed by atoms with Crippen molar-refractivity contribution in [1.82, 2.24) is 19.8 Å². The van der Waals surface area contributed by atoms with E-state index in [1.165, 1.54) is 31.9 Å². The molecular formula is C17H29N5O3. The Hall–Kier alpha value is -1.96. The molecular weight excluding hydrogens is 322 g/mol. The average molecular weight is 351 g/mol. The predicted molar refractivity (Wildman–Crippen MR) is 95.4 cm³/mol. The summed E-state index contributed by atoms with van der Waals surface area (Å²) in [7, 11) is 0. The second-order valence-corrected chi connectivity index (χ2v) is 6.69. The number of rotatable bonds is 9. The number of nitro groups is 1. The minimum atomic E-state index is -0.516. The maximum Gasteiger partial charge on any atom is 0.381 e. The Balaban J connectivity index is 1.77. The normalized spacial score (nSPS) is 18.2. The first kappa shape index (κ1) is 19.4. The van der Waals surface area contributed by atoms with Crippen LogP contribution in [0.4, 0.5) is 5.82 Å². The molecule has 140 valence electrons. The highest BCUT2D eigenvalue weighted by atomic mass is 16.6. The average Bonchev–Trinajstić information content (AvgIpc) is 2.98. The Morgan fingerprint density at radius 3 is 2.92 bits per heavy atom. The van der Waals surface area contributed by atoms with E-state index in [1.807, 2.05) is 0 Å². The van der Waals surface area contributed by atoms with E-state index in [4.69, 9.17) is 0 Å². The summed E-state index contributed by atoms with van der Waals surface area (Å²) in [5.41, 5.74) is 0. The number of imidazole rings is 1. The van der Waals surface area contributed by atoms with Crippen LogP contribution in [0.5, 0.6) is 0 Å². The van der Waals surface area contributed by atoms with Crippen molar-refractivity contribution in [3.63, 3.8) is 0 Å². The maximum atomic E-state index is 12.1. The molecule has 1 amide bonds. The van der Waals surface area contributed by atoms with E-state index in [0.29, 0.717) is 31.4 Å². The number of hydrogen-bond donors (Lipinski definition) is 1. The van der Waals surface area contributed by atoms with Crippen LogP contribution in [0.3, 0.4) is 0 Å². The van der Waals surface area contributed by atoms with Gasteiger partial charge in [-0.2, -0.15) is 0 Å². The van der Waals surface area contributed by atoms with Crippen LogP contribution < -0.4 is 5.32 Å². The molecule has 1 fully saturated rings. The standard InChI is InChI=1S/C17H29N5O3/c1-3-4-9-20-10-6-5-7-15(20)12-18-17(23)8-11-21-13-16(22(24)25)19-14(21)2/h13,15H,3-12H2,1-2H3,(H,18,23). The molecule has 8 nitrogen and oxygen atoms in total. The molecule has 0 saturated carbocycles. The molecule has 1 aliphatic heterocycles. The van der Waals surface area contributed by atoms with Gasteiger partial charge in [-0.25, -0.2) is 0 Å². The van der Waals surface area contributed by atoms with Crippen LogP contribution in [-0.2, 0) is 11.3 Å². The Labute approximate surface area is 148 Å². The summed E-state index contributed by atoms with van der Waals surface area (Å²) in [5, 5.41) is 13.8. The Bertz CT molecular complexity index is 587. The van der Waals surface area contributed by atoms with Crippen molar-refractivity contribution in [3.8, 4) is 0 Å². The maximum absolute atomic E-state index is 12.1. The molecule has 0 bridgehead atoms. The molecule has 0 radical (unpaired) electrons. The number of carbonyl (C=O) groups excluding carboxylic acids is 1. The van der Waals surface area contributed by atoms with Gasteiger partial charge in [-0.15, -0.1) is 0 Å². The lowest BCUT2D eigenvalue weighted by molar-refractivity contribution is -0.389. The van der Waals surface area contributed by atoms with Gasteiger partial charge in [-0.05, 0) is 42.3 Å². The first-order valence-corrected chi connectivity index (χ1v) is 9.20. The quantitative estimate of drug-likeness (QED) is 0.544. The van der Waals surface area contributed by atoms with E-state index in [0.717, 1.165) is 19.5 Å². The van der Waals surface area contributed by atoms with Gasteiger partial charge in [0, 0.05) is 32.5 Å². The van der Waals surface area contributed by atoms with Gasteiger partial charge in [0.25, 0.3) is 0 Å². The third-order valence-corrected chi connectivity index (χ3v) is 4.81. The molecule has 1 aromatic rings. The number of amides is 1. The zero-order chi connectivity index (χ0) is 18.2. The fourth-order valence-corrected chi connectivity index (χ4v) is 3.29. The highest BCUT2D eigenvalue weighted by Gasteiger charge is 2.22. The van der Waals surface area contributed by atoms with Crippen molar-refractivity contribution in [1.29, 1.82) is 0 Å². The van der Waals surface area contributed by atoms with Crippen LogP contribution in [-0.4, -0.2) is 51.0 Å². The van der Waals surface area contributed by atoms with Crippen molar-refractivity contribution in [3.05, 3.63) is 22.1 Å². The zero-order valence-electron chi connectivity index (χ0n) is 15.2. The molecule has 25 heavy (non-hydrogen) atoms. The molecule has 1 aliphatic rings. The smallest absolute Gasteiger partial charge is 0.358 e. The lowest BCUT2D eigenvalue weighted by atomic mass is 10.0. The van der Waals surface area contributed by atoms with Crippen LogP contribution in [0.1, 0.15) is 51.3 Å². The molecule has 1 unspecified atom stereocenters. The first-order valence-electron chi connectivity index (χ1n) is 9.20. The van der Waals surface area contributed by atoms with Crippen LogP contribution in [0.25, 0.3) is 0 Å². The van der Waals surface area contributed by atoms with Crippen molar-refractivity contribution in [2.45, 2.75) is 65.0 Å². The molecule has 1 aromatic heterocycles. The van der Waals surface area contributed by atoms with E-state index in [2.05, 4.69) is 22.1 Å². The molecule has 0 aliphatic carbocycles. The number of hydrogen-bond acceptors (Lipinski definition) is 5. The Morgan fingerprint density at radius 2 is 2.24 bits per heavy atom. The van der Waals surface area contributed by atoms with E-state index in [1.54, 1.807) is 11.5 Å². The number of unbranched alkanes of at least 4 members (excludes halogenated alkanes) is 1. The SMILES string of the molecule is CCCCN1CCCCC1CNC(=O)CCn1cc([N+](=O)[O-])nc1C. The second kappa shape index (κ2) is 9.50. The Morgan fingerprint density at radius 1 is 1.44 bits per heavy atom. The van der Waals surface area contributed by atoms with Gasteiger partial charge in [-0.1, -0.05) is 19.8 Å². The van der Waals surface area contributed by atoms with Gasteiger partial charge < -0.3 is 20.0 Å². The van der Waals surface area contributed by atoms with Crippen LogP contribution in [0, 0.1) is 17.0 Å². The number of aromatic nitrogens is 2. The van der Waals surface area contributed by atoms with Crippen molar-refractivity contribution >= 4 is 11.7 Å². The summed E-state index contributed by atoms with van der Waals surface area (Å²) in [6.07, 6.45) is 7.67. The summed E-state index contributed by atoms with van der Waals surface area (Å²) < 4.78 is 1.66. The van der Waals surface area contributed by atoms with Gasteiger partial charge in [0.1, 0.15) is 6.20 Å². The third kappa shape index (κ3) is 5.81. The predicted octanol–water partition coefficient (Wildman–Crippen LogP) is 2.26. The topological polar surface area (TPSA) is 93.3 Å². The third-order valence-electron chi connectivity index (χ3n) is 4.81. The lowest BCUT2D eigenvalue weighted by Gasteiger charge is -2.35. The van der Waals surface area contributed by atoms with Crippen molar-refractivity contribution < 1.29 is 9.72 Å². The van der Waals surface area contributed by atoms with E-state index in [-0.39, 0.29) is 11.7 Å². The number of nitrogens with one attached hydrogen (secondary N) is 1. The monoisotopic (exact) mass is 351 g/mol. The van der Waals surface area contributed by atoms with Gasteiger partial charge in [-0.3, -0.25) is 9.69 Å². The minimum Gasteiger partial charge on any atom is -0.358 e. The van der Waals surface area contributed by atoms with Crippen molar-refractivity contribution in [2.75, 3.05) is 19.6 Å². The number of nitrogens with zero attached hydrogens (tertiary/aromatic N) is 4. The van der Waals surface area contributed by atoms with Crippen LogP contribution in [0.15, 0.2) is 6.20 Å². The lowest BCUT2D eigenvalue weighted by Crippen LogP contribution is -2.47. The fraction of sp³-hybridized carbons (Fsp3) is 0.765. The van der Waals surface area contributed by atoms with Gasteiger partial charge in [0.05, 0.1) is 0 Å². The molecule has 8 heteroatoms. The van der Waals surface area contributed by atoms with Crippen molar-refractivity contribution in [2.24, 2.45) is 0 Å². The highest BCUT2D eigenvalue weighted by molar-refractivity contribution is 5.75. The number of piperidine rings is 1. The van der Waals surface area contributed by atoms with Crippen LogP contribution in [0.2, 0.25) is 0 Å². The van der Waals surface area contributed by atoms with Gasteiger partial charge in [0.15, 0.2) is 0 Å². The second-order valence-electron chi connectivity index (χ2n) is 6.69.